The first kappa shape index (κ1) is 14.1. The highest BCUT2D eigenvalue weighted by Crippen LogP contribution is 2.19. The van der Waals surface area contributed by atoms with E-state index in [1.165, 1.54) is 25.9 Å². The fourth-order valence-electron chi connectivity index (χ4n) is 2.50. The molecule has 2 rings (SSSR count). The molecule has 1 aliphatic rings. The largest absolute Gasteiger partial charge is 0.465 e. The number of nitrogens with zero attached hydrogens (tertiary/aromatic N) is 1. The van der Waals surface area contributed by atoms with Crippen LogP contribution in [0.5, 0.6) is 0 Å². The predicted octanol–water partition coefficient (Wildman–Crippen LogP) is 2.50. The lowest BCUT2D eigenvalue weighted by Gasteiger charge is -2.28. The number of carbonyl (C=O) groups excluding carboxylic acids is 1. The molecule has 3 nitrogen and oxygen atoms in total. The average molecular weight is 261 g/mol. The second kappa shape index (κ2) is 7.29. The summed E-state index contributed by atoms with van der Waals surface area (Å²) in [5.41, 5.74) is 1.02. The van der Waals surface area contributed by atoms with E-state index in [2.05, 4.69) is 11.9 Å². The lowest BCUT2D eigenvalue weighted by atomic mass is 9.94. The van der Waals surface area contributed by atoms with Gasteiger partial charge in [-0.3, -0.25) is 4.79 Å². The summed E-state index contributed by atoms with van der Waals surface area (Å²) in [6.07, 6.45) is 3.85. The van der Waals surface area contributed by atoms with Crippen LogP contribution in [0.1, 0.15) is 24.8 Å². The predicted molar refractivity (Wildman–Crippen MR) is 75.9 cm³/mol. The maximum atomic E-state index is 11.7. The number of hydrogen-bond donors (Lipinski definition) is 0. The smallest absolute Gasteiger partial charge is 0.310 e. The van der Waals surface area contributed by atoms with Crippen molar-refractivity contribution < 1.29 is 9.53 Å². The van der Waals surface area contributed by atoms with Crippen molar-refractivity contribution in [3.63, 3.8) is 0 Å². The summed E-state index contributed by atoms with van der Waals surface area (Å²) in [6.45, 7) is 2.91. The molecular formula is C16H23NO2. The molecule has 1 aromatic carbocycles. The van der Waals surface area contributed by atoms with Gasteiger partial charge in [-0.2, -0.15) is 0 Å². The van der Waals surface area contributed by atoms with Crippen molar-refractivity contribution in [2.45, 2.75) is 25.7 Å². The van der Waals surface area contributed by atoms with Gasteiger partial charge in [0.1, 0.15) is 0 Å². The van der Waals surface area contributed by atoms with E-state index in [-0.39, 0.29) is 5.97 Å². The SMILES string of the molecule is CN1CCC(CCOC(=O)Cc2ccccc2)CC1. The van der Waals surface area contributed by atoms with E-state index < -0.39 is 0 Å². The Hall–Kier alpha value is -1.35. The number of rotatable bonds is 5. The highest BCUT2D eigenvalue weighted by Gasteiger charge is 2.16. The van der Waals surface area contributed by atoms with E-state index in [0.29, 0.717) is 13.0 Å². The maximum Gasteiger partial charge on any atom is 0.310 e. The molecule has 0 spiro atoms. The normalized spacial score (nSPS) is 17.3. The van der Waals surface area contributed by atoms with Crippen LogP contribution in [0, 0.1) is 5.92 Å². The van der Waals surface area contributed by atoms with Crippen LogP contribution >= 0.6 is 0 Å². The Balaban J connectivity index is 1.62. The van der Waals surface area contributed by atoms with Crippen LogP contribution in [0.3, 0.4) is 0 Å². The van der Waals surface area contributed by atoms with Gasteiger partial charge in [-0.25, -0.2) is 0 Å². The fourth-order valence-corrected chi connectivity index (χ4v) is 2.50. The van der Waals surface area contributed by atoms with Gasteiger partial charge >= 0.3 is 5.97 Å². The second-order valence-corrected chi connectivity index (χ2v) is 5.42. The molecule has 1 aromatic rings. The van der Waals surface area contributed by atoms with Gasteiger partial charge in [0, 0.05) is 0 Å². The Morgan fingerprint density at radius 1 is 1.26 bits per heavy atom. The minimum atomic E-state index is -0.112. The molecule has 0 unspecified atom stereocenters. The molecule has 0 radical (unpaired) electrons. The second-order valence-electron chi connectivity index (χ2n) is 5.42. The van der Waals surface area contributed by atoms with Gasteiger partial charge in [0.05, 0.1) is 13.0 Å². The van der Waals surface area contributed by atoms with E-state index in [1.54, 1.807) is 0 Å². The Morgan fingerprint density at radius 3 is 2.63 bits per heavy atom. The first-order chi connectivity index (χ1) is 9.24. The lowest BCUT2D eigenvalue weighted by Crippen LogP contribution is -2.30. The minimum Gasteiger partial charge on any atom is -0.465 e. The van der Waals surface area contributed by atoms with Crippen molar-refractivity contribution >= 4 is 5.97 Å². The summed E-state index contributed by atoms with van der Waals surface area (Å²) < 4.78 is 5.32. The fraction of sp³-hybridized carbons (Fsp3) is 0.562. The summed E-state index contributed by atoms with van der Waals surface area (Å²) in [6, 6.07) is 9.76. The molecule has 1 saturated heterocycles. The Kier molecular flexibility index (Phi) is 5.40. The lowest BCUT2D eigenvalue weighted by molar-refractivity contribution is -0.143. The molecule has 0 atom stereocenters. The molecule has 3 heteroatoms. The number of hydrogen-bond acceptors (Lipinski definition) is 3. The number of likely N-dealkylation sites (tertiary alicyclic amines) is 1. The van der Waals surface area contributed by atoms with E-state index in [9.17, 15) is 4.79 Å². The van der Waals surface area contributed by atoms with Crippen molar-refractivity contribution in [1.82, 2.24) is 4.90 Å². The summed E-state index contributed by atoms with van der Waals surface area (Å²) in [5.74, 6) is 0.611. The highest BCUT2D eigenvalue weighted by molar-refractivity contribution is 5.72. The Bertz CT molecular complexity index is 383. The molecule has 1 fully saturated rings. The van der Waals surface area contributed by atoms with Crippen LogP contribution in [-0.2, 0) is 16.0 Å². The van der Waals surface area contributed by atoms with E-state index in [4.69, 9.17) is 4.74 Å². The average Bonchev–Trinajstić information content (AvgIpc) is 2.42. The van der Waals surface area contributed by atoms with Crippen LogP contribution < -0.4 is 0 Å². The zero-order valence-corrected chi connectivity index (χ0v) is 11.7. The quantitative estimate of drug-likeness (QED) is 0.763. The van der Waals surface area contributed by atoms with Crippen LogP contribution in [-0.4, -0.2) is 37.6 Å². The van der Waals surface area contributed by atoms with E-state index in [0.717, 1.165) is 17.9 Å². The first-order valence-corrected chi connectivity index (χ1v) is 7.12. The van der Waals surface area contributed by atoms with Crippen LogP contribution in [0.4, 0.5) is 0 Å². The zero-order chi connectivity index (χ0) is 13.5. The molecule has 0 N–H and O–H groups in total. The van der Waals surface area contributed by atoms with Crippen molar-refractivity contribution in [3.8, 4) is 0 Å². The van der Waals surface area contributed by atoms with Gasteiger partial charge in [0.15, 0.2) is 0 Å². The van der Waals surface area contributed by atoms with Gasteiger partial charge in [0.2, 0.25) is 0 Å². The van der Waals surface area contributed by atoms with Gasteiger partial charge < -0.3 is 9.64 Å². The summed E-state index contributed by atoms with van der Waals surface area (Å²) in [5, 5.41) is 0. The van der Waals surface area contributed by atoms with Crippen molar-refractivity contribution in [2.75, 3.05) is 26.7 Å². The topological polar surface area (TPSA) is 29.5 Å². The van der Waals surface area contributed by atoms with Gasteiger partial charge in [-0.05, 0) is 50.9 Å². The number of esters is 1. The number of carbonyl (C=O) groups is 1. The van der Waals surface area contributed by atoms with Crippen molar-refractivity contribution in [3.05, 3.63) is 35.9 Å². The van der Waals surface area contributed by atoms with Crippen LogP contribution in [0.2, 0.25) is 0 Å². The maximum absolute atomic E-state index is 11.7. The molecule has 0 aliphatic carbocycles. The molecule has 104 valence electrons. The highest BCUT2D eigenvalue weighted by atomic mass is 16.5. The summed E-state index contributed by atoms with van der Waals surface area (Å²) in [7, 11) is 2.16. The van der Waals surface area contributed by atoms with Crippen molar-refractivity contribution in [1.29, 1.82) is 0 Å². The third-order valence-electron chi connectivity index (χ3n) is 3.82. The third kappa shape index (κ3) is 5.03. The van der Waals surface area contributed by atoms with Crippen LogP contribution in [0.15, 0.2) is 30.3 Å². The molecule has 0 saturated carbocycles. The van der Waals surface area contributed by atoms with Crippen molar-refractivity contribution in [2.24, 2.45) is 5.92 Å². The molecule has 0 bridgehead atoms. The first-order valence-electron chi connectivity index (χ1n) is 7.12. The number of benzene rings is 1. The number of piperidine rings is 1. The Labute approximate surface area is 115 Å². The molecule has 0 aromatic heterocycles. The standard InChI is InChI=1S/C16H23NO2/c1-17-10-7-14(8-11-17)9-12-19-16(18)13-15-5-3-2-4-6-15/h2-6,14H,7-13H2,1H3. The van der Waals surface area contributed by atoms with Crippen LogP contribution in [0.25, 0.3) is 0 Å². The Morgan fingerprint density at radius 2 is 1.95 bits per heavy atom. The van der Waals surface area contributed by atoms with E-state index >= 15 is 0 Å². The zero-order valence-electron chi connectivity index (χ0n) is 11.7. The summed E-state index contributed by atoms with van der Waals surface area (Å²) >= 11 is 0. The molecule has 0 amide bonds. The molecular weight excluding hydrogens is 238 g/mol. The monoisotopic (exact) mass is 261 g/mol. The van der Waals surface area contributed by atoms with E-state index in [1.807, 2.05) is 30.3 Å². The number of ether oxygens (including phenoxy) is 1. The summed E-state index contributed by atoms with van der Waals surface area (Å²) in [4.78, 5) is 14.0. The third-order valence-corrected chi connectivity index (χ3v) is 3.82. The molecule has 1 aliphatic heterocycles. The molecule has 1 heterocycles. The van der Waals surface area contributed by atoms with Gasteiger partial charge in [-0.1, -0.05) is 30.3 Å². The van der Waals surface area contributed by atoms with Gasteiger partial charge in [0.25, 0.3) is 0 Å². The minimum absolute atomic E-state index is 0.112. The molecule has 19 heavy (non-hydrogen) atoms. The van der Waals surface area contributed by atoms with Gasteiger partial charge in [-0.15, -0.1) is 0 Å².